The molecule has 2 aromatic heterocycles. The van der Waals surface area contributed by atoms with Crippen LogP contribution in [0.3, 0.4) is 0 Å². The average molecular weight is 483 g/mol. The molecule has 9 heteroatoms. The van der Waals surface area contributed by atoms with E-state index in [9.17, 15) is 13.2 Å². The van der Waals surface area contributed by atoms with E-state index in [4.69, 9.17) is 4.98 Å². The predicted molar refractivity (Wildman–Crippen MR) is 131 cm³/mol. The van der Waals surface area contributed by atoms with Gasteiger partial charge in [-0.1, -0.05) is 42.5 Å². The first-order valence-corrected chi connectivity index (χ1v) is 13.5. The van der Waals surface area contributed by atoms with Gasteiger partial charge in [-0.3, -0.25) is 9.69 Å². The number of thiazole rings is 1. The molecule has 0 bridgehead atoms. The lowest BCUT2D eigenvalue weighted by Gasteiger charge is -2.20. The van der Waals surface area contributed by atoms with Crippen molar-refractivity contribution in [1.82, 2.24) is 14.5 Å². The molecule has 0 aliphatic rings. The summed E-state index contributed by atoms with van der Waals surface area (Å²) in [6.07, 6.45) is 8.39. The summed E-state index contributed by atoms with van der Waals surface area (Å²) in [7, 11) is -3.27. The lowest BCUT2D eigenvalue weighted by atomic mass is 10.1. The molecule has 7 nitrogen and oxygen atoms in total. The quantitative estimate of drug-likeness (QED) is 0.358. The molecular formula is C24H26N4O3S2. The lowest BCUT2D eigenvalue weighted by Crippen LogP contribution is -2.33. The third-order valence-corrected chi connectivity index (χ3v) is 7.64. The van der Waals surface area contributed by atoms with Crippen molar-refractivity contribution in [2.24, 2.45) is 0 Å². The van der Waals surface area contributed by atoms with Crippen molar-refractivity contribution in [3.05, 3.63) is 72.3 Å². The van der Waals surface area contributed by atoms with Gasteiger partial charge in [0, 0.05) is 31.7 Å². The summed E-state index contributed by atoms with van der Waals surface area (Å²) in [6.45, 7) is 3.37. The van der Waals surface area contributed by atoms with Crippen LogP contribution in [0.15, 0.2) is 66.1 Å². The second kappa shape index (κ2) is 9.84. The molecule has 0 spiro atoms. The number of imidazole rings is 1. The van der Waals surface area contributed by atoms with Crippen molar-refractivity contribution in [2.75, 3.05) is 17.7 Å². The van der Waals surface area contributed by atoms with E-state index in [0.717, 1.165) is 40.7 Å². The number of sulfone groups is 1. The van der Waals surface area contributed by atoms with Gasteiger partial charge in [-0.15, -0.1) is 0 Å². The van der Waals surface area contributed by atoms with Gasteiger partial charge >= 0.3 is 0 Å². The summed E-state index contributed by atoms with van der Waals surface area (Å²) >= 11 is 1.52. The Labute approximate surface area is 197 Å². The highest BCUT2D eigenvalue weighted by molar-refractivity contribution is 7.90. The van der Waals surface area contributed by atoms with Crippen molar-refractivity contribution in [3.63, 3.8) is 0 Å². The second-order valence-corrected chi connectivity index (χ2v) is 10.9. The number of aryl methyl sites for hydroxylation is 2. The summed E-state index contributed by atoms with van der Waals surface area (Å²) in [5.74, 6) is -0.0650. The molecule has 2 aromatic carbocycles. The Morgan fingerprint density at radius 3 is 2.61 bits per heavy atom. The Bertz CT molecular complexity index is 1340. The van der Waals surface area contributed by atoms with Crippen molar-refractivity contribution in [2.45, 2.75) is 37.6 Å². The lowest BCUT2D eigenvalue weighted by molar-refractivity contribution is -0.118. The third-order valence-electron chi connectivity index (χ3n) is 5.47. The summed E-state index contributed by atoms with van der Waals surface area (Å²) < 4.78 is 26.5. The van der Waals surface area contributed by atoms with Crippen LogP contribution in [0.25, 0.3) is 10.2 Å². The smallest absolute Gasteiger partial charge is 0.233 e. The SMILES string of the molecule is CCc1cccc2sc(N(CCCn3ccnc3)C(=O)Cc3ccc(S(C)(=O)=O)cc3)nc12. The number of hydrogen-bond donors (Lipinski definition) is 0. The molecule has 0 aliphatic carbocycles. The number of anilines is 1. The zero-order valence-corrected chi connectivity index (χ0v) is 20.3. The maximum Gasteiger partial charge on any atom is 0.233 e. The number of aromatic nitrogens is 3. The topological polar surface area (TPSA) is 85.2 Å². The van der Waals surface area contributed by atoms with Crippen molar-refractivity contribution < 1.29 is 13.2 Å². The van der Waals surface area contributed by atoms with E-state index < -0.39 is 9.84 Å². The van der Waals surface area contributed by atoms with Gasteiger partial charge in [-0.25, -0.2) is 18.4 Å². The molecule has 0 N–H and O–H groups in total. The molecule has 2 heterocycles. The Kier molecular flexibility index (Phi) is 6.90. The molecule has 0 atom stereocenters. The second-order valence-electron chi connectivity index (χ2n) is 7.91. The van der Waals surface area contributed by atoms with Gasteiger partial charge in [0.15, 0.2) is 15.0 Å². The average Bonchev–Trinajstić information content (AvgIpc) is 3.45. The molecule has 4 aromatic rings. The van der Waals surface area contributed by atoms with Crippen LogP contribution in [0, 0.1) is 0 Å². The van der Waals surface area contributed by atoms with Gasteiger partial charge < -0.3 is 4.57 Å². The maximum absolute atomic E-state index is 13.4. The normalized spacial score (nSPS) is 11.7. The van der Waals surface area contributed by atoms with E-state index in [1.54, 1.807) is 41.7 Å². The van der Waals surface area contributed by atoms with Crippen molar-refractivity contribution in [1.29, 1.82) is 0 Å². The minimum atomic E-state index is -3.27. The molecule has 0 radical (unpaired) electrons. The number of amides is 1. The van der Waals surface area contributed by atoms with E-state index >= 15 is 0 Å². The van der Waals surface area contributed by atoms with E-state index in [1.165, 1.54) is 17.6 Å². The molecule has 0 unspecified atom stereocenters. The molecule has 0 saturated heterocycles. The summed E-state index contributed by atoms with van der Waals surface area (Å²) in [6, 6.07) is 12.6. The fraction of sp³-hybridized carbons (Fsp3) is 0.292. The van der Waals surface area contributed by atoms with Crippen molar-refractivity contribution in [3.8, 4) is 0 Å². The fourth-order valence-electron chi connectivity index (χ4n) is 3.68. The number of rotatable bonds is 9. The minimum Gasteiger partial charge on any atom is -0.337 e. The first-order chi connectivity index (χ1) is 15.8. The third kappa shape index (κ3) is 5.48. The van der Waals surface area contributed by atoms with Crippen LogP contribution in [0.2, 0.25) is 0 Å². The molecule has 33 heavy (non-hydrogen) atoms. The number of carbonyl (C=O) groups is 1. The predicted octanol–water partition coefficient (Wildman–Crippen LogP) is 4.12. The van der Waals surface area contributed by atoms with Crippen LogP contribution in [-0.4, -0.2) is 41.7 Å². The number of fused-ring (bicyclic) bond motifs is 1. The zero-order chi connectivity index (χ0) is 23.4. The van der Waals surface area contributed by atoms with E-state index in [0.29, 0.717) is 11.7 Å². The van der Waals surface area contributed by atoms with Crippen LogP contribution in [0.4, 0.5) is 5.13 Å². The minimum absolute atomic E-state index is 0.0650. The zero-order valence-electron chi connectivity index (χ0n) is 18.6. The van der Waals surface area contributed by atoms with Gasteiger partial charge in [-0.2, -0.15) is 0 Å². The molecule has 172 valence electrons. The molecule has 0 fully saturated rings. The van der Waals surface area contributed by atoms with Gasteiger partial charge in [0.2, 0.25) is 5.91 Å². The van der Waals surface area contributed by atoms with E-state index in [-0.39, 0.29) is 17.2 Å². The van der Waals surface area contributed by atoms with Crippen LogP contribution in [-0.2, 0) is 34.0 Å². The highest BCUT2D eigenvalue weighted by atomic mass is 32.2. The highest BCUT2D eigenvalue weighted by Gasteiger charge is 2.21. The van der Waals surface area contributed by atoms with Crippen LogP contribution < -0.4 is 4.90 Å². The fourth-order valence-corrected chi connectivity index (χ4v) is 5.36. The first-order valence-electron chi connectivity index (χ1n) is 10.8. The van der Waals surface area contributed by atoms with Crippen LogP contribution in [0.5, 0.6) is 0 Å². The monoisotopic (exact) mass is 482 g/mol. The van der Waals surface area contributed by atoms with E-state index in [2.05, 4.69) is 18.0 Å². The summed E-state index contributed by atoms with van der Waals surface area (Å²) in [4.78, 5) is 24.3. The molecule has 0 saturated carbocycles. The van der Waals surface area contributed by atoms with Gasteiger partial charge in [0.1, 0.15) is 0 Å². The summed E-state index contributed by atoms with van der Waals surface area (Å²) in [5, 5.41) is 0.689. The Morgan fingerprint density at radius 2 is 1.94 bits per heavy atom. The van der Waals surface area contributed by atoms with Gasteiger partial charge in [0.25, 0.3) is 0 Å². The molecule has 1 amide bonds. The standard InChI is InChI=1S/C24H26N4O3S2/c1-3-19-6-4-7-21-23(19)26-24(32-21)28(14-5-13-27-15-12-25-17-27)22(29)16-18-8-10-20(11-9-18)33(2,30)31/h4,6-12,15,17H,3,5,13-14,16H2,1-2H3. The first kappa shape index (κ1) is 23.1. The summed E-state index contributed by atoms with van der Waals surface area (Å²) in [5.41, 5.74) is 2.88. The Hall–Kier alpha value is -3.04. The molecule has 0 aliphatic heterocycles. The number of nitrogens with zero attached hydrogens (tertiary/aromatic N) is 4. The van der Waals surface area contributed by atoms with Gasteiger partial charge in [0.05, 0.1) is 27.9 Å². The van der Waals surface area contributed by atoms with Gasteiger partial charge in [-0.05, 0) is 42.2 Å². The van der Waals surface area contributed by atoms with Crippen LogP contribution >= 0.6 is 11.3 Å². The van der Waals surface area contributed by atoms with Crippen molar-refractivity contribution >= 4 is 42.4 Å². The number of hydrogen-bond acceptors (Lipinski definition) is 6. The number of para-hydroxylation sites is 1. The Morgan fingerprint density at radius 1 is 1.15 bits per heavy atom. The number of carbonyl (C=O) groups excluding carboxylic acids is 1. The Balaban J connectivity index is 1.58. The van der Waals surface area contributed by atoms with E-state index in [1.807, 2.05) is 22.9 Å². The number of benzene rings is 2. The van der Waals surface area contributed by atoms with Crippen LogP contribution in [0.1, 0.15) is 24.5 Å². The largest absolute Gasteiger partial charge is 0.337 e. The highest BCUT2D eigenvalue weighted by Crippen LogP contribution is 2.31. The maximum atomic E-state index is 13.4. The molecule has 4 rings (SSSR count). The molecular weight excluding hydrogens is 456 g/mol.